The van der Waals surface area contributed by atoms with E-state index in [1.807, 2.05) is 0 Å². The van der Waals surface area contributed by atoms with Crippen molar-refractivity contribution in [3.63, 3.8) is 0 Å². The molecule has 0 aliphatic heterocycles. The highest BCUT2D eigenvalue weighted by atomic mass is 79.9. The third-order valence-electron chi connectivity index (χ3n) is 2.36. The van der Waals surface area contributed by atoms with Gasteiger partial charge in [-0.1, -0.05) is 0 Å². The number of aryl methyl sites for hydroxylation is 1. The third-order valence-corrected chi connectivity index (χ3v) is 2.97. The van der Waals surface area contributed by atoms with Crippen molar-refractivity contribution in [2.45, 2.75) is 6.92 Å². The highest BCUT2D eigenvalue weighted by Gasteiger charge is 2.15. The van der Waals surface area contributed by atoms with E-state index >= 15 is 0 Å². The Morgan fingerprint density at radius 3 is 2.67 bits per heavy atom. The van der Waals surface area contributed by atoms with E-state index in [1.54, 1.807) is 0 Å². The fourth-order valence-electron chi connectivity index (χ4n) is 1.39. The average Bonchev–Trinajstić information content (AvgIpc) is 2.72. The molecule has 0 atom stereocenters. The van der Waals surface area contributed by atoms with Crippen molar-refractivity contribution in [3.8, 4) is 0 Å². The summed E-state index contributed by atoms with van der Waals surface area (Å²) in [4.78, 5) is 11.8. The largest absolute Gasteiger partial charge is 0.457 e. The topological polar surface area (TPSA) is 42.2 Å². The Hall–Kier alpha value is -1.69. The van der Waals surface area contributed by atoms with Crippen molar-refractivity contribution in [1.82, 2.24) is 0 Å². The predicted molar refractivity (Wildman–Crippen MR) is 65.5 cm³/mol. The number of furan rings is 1. The van der Waals surface area contributed by atoms with Crippen LogP contribution >= 0.6 is 15.9 Å². The quantitative estimate of drug-likeness (QED) is 0.913. The van der Waals surface area contributed by atoms with Gasteiger partial charge in [-0.2, -0.15) is 0 Å². The number of carbonyl (C=O) groups excluding carboxylic acids is 1. The number of anilines is 1. The second-order valence-electron chi connectivity index (χ2n) is 3.64. The molecule has 0 fully saturated rings. The Balaban J connectivity index is 2.28. The van der Waals surface area contributed by atoms with Crippen molar-refractivity contribution in [2.24, 2.45) is 0 Å². The van der Waals surface area contributed by atoms with Crippen molar-refractivity contribution in [1.29, 1.82) is 0 Å². The van der Waals surface area contributed by atoms with E-state index in [2.05, 4.69) is 21.2 Å². The van der Waals surface area contributed by atoms with Crippen LogP contribution in [0.15, 0.2) is 33.5 Å². The maximum atomic E-state index is 13.5. The molecule has 0 radical (unpaired) electrons. The zero-order valence-electron chi connectivity index (χ0n) is 9.26. The molecule has 1 aromatic heterocycles. The average molecular weight is 316 g/mol. The van der Waals surface area contributed by atoms with Crippen LogP contribution in [0.2, 0.25) is 0 Å². The molecule has 18 heavy (non-hydrogen) atoms. The first-order valence-electron chi connectivity index (χ1n) is 4.99. The van der Waals surface area contributed by atoms with Crippen LogP contribution in [-0.4, -0.2) is 5.91 Å². The SMILES string of the molecule is Cc1cc(F)c(NC(=O)c2ccoc2Br)cc1F. The Kier molecular flexibility index (Phi) is 3.47. The highest BCUT2D eigenvalue weighted by molar-refractivity contribution is 9.10. The van der Waals surface area contributed by atoms with E-state index in [4.69, 9.17) is 4.42 Å². The minimum atomic E-state index is -0.693. The van der Waals surface area contributed by atoms with Gasteiger partial charge in [-0.05, 0) is 40.5 Å². The van der Waals surface area contributed by atoms with E-state index in [0.29, 0.717) is 0 Å². The molecule has 0 saturated heterocycles. The zero-order valence-corrected chi connectivity index (χ0v) is 10.8. The van der Waals surface area contributed by atoms with Gasteiger partial charge in [0, 0.05) is 6.07 Å². The summed E-state index contributed by atoms with van der Waals surface area (Å²) in [6.07, 6.45) is 1.31. The lowest BCUT2D eigenvalue weighted by Gasteiger charge is -2.07. The summed E-state index contributed by atoms with van der Waals surface area (Å²) in [5.74, 6) is -1.86. The van der Waals surface area contributed by atoms with Crippen LogP contribution in [0.3, 0.4) is 0 Å². The lowest BCUT2D eigenvalue weighted by molar-refractivity contribution is 0.102. The number of halogens is 3. The van der Waals surface area contributed by atoms with Gasteiger partial charge in [0.25, 0.3) is 5.91 Å². The molecule has 0 unspecified atom stereocenters. The van der Waals surface area contributed by atoms with Crippen molar-refractivity contribution >= 4 is 27.5 Å². The molecule has 6 heteroatoms. The van der Waals surface area contributed by atoms with Crippen molar-refractivity contribution in [2.75, 3.05) is 5.32 Å². The van der Waals surface area contributed by atoms with Gasteiger partial charge in [0.05, 0.1) is 17.5 Å². The molecule has 0 spiro atoms. The number of nitrogens with one attached hydrogen (secondary N) is 1. The molecular formula is C12H8BrF2NO2. The Morgan fingerprint density at radius 2 is 2.06 bits per heavy atom. The first kappa shape index (κ1) is 12.8. The normalized spacial score (nSPS) is 10.4. The monoisotopic (exact) mass is 315 g/mol. The molecular weight excluding hydrogens is 308 g/mol. The molecule has 1 aromatic carbocycles. The lowest BCUT2D eigenvalue weighted by Crippen LogP contribution is -2.13. The minimum Gasteiger partial charge on any atom is -0.457 e. The van der Waals surface area contributed by atoms with Crippen molar-refractivity contribution in [3.05, 3.63) is 51.9 Å². The van der Waals surface area contributed by atoms with E-state index in [9.17, 15) is 13.6 Å². The van der Waals surface area contributed by atoms with Gasteiger partial charge in [0.15, 0.2) is 4.67 Å². The first-order chi connectivity index (χ1) is 8.49. The molecule has 0 aliphatic carbocycles. The molecule has 0 saturated carbocycles. The van der Waals surface area contributed by atoms with Gasteiger partial charge in [-0.25, -0.2) is 8.78 Å². The van der Waals surface area contributed by atoms with Crippen LogP contribution in [0, 0.1) is 18.6 Å². The van der Waals surface area contributed by atoms with Gasteiger partial charge < -0.3 is 9.73 Å². The maximum absolute atomic E-state index is 13.5. The highest BCUT2D eigenvalue weighted by Crippen LogP contribution is 2.22. The Bertz CT molecular complexity index is 610. The van der Waals surface area contributed by atoms with Crippen LogP contribution in [0.4, 0.5) is 14.5 Å². The van der Waals surface area contributed by atoms with E-state index in [1.165, 1.54) is 19.3 Å². The maximum Gasteiger partial charge on any atom is 0.260 e. The van der Waals surface area contributed by atoms with Crippen molar-refractivity contribution < 1.29 is 18.0 Å². The summed E-state index contributed by atoms with van der Waals surface area (Å²) in [7, 11) is 0. The smallest absolute Gasteiger partial charge is 0.260 e. The van der Waals surface area contributed by atoms with Crippen LogP contribution in [0.25, 0.3) is 0 Å². The zero-order chi connectivity index (χ0) is 13.3. The summed E-state index contributed by atoms with van der Waals surface area (Å²) >= 11 is 3.03. The summed E-state index contributed by atoms with van der Waals surface area (Å²) < 4.78 is 31.9. The Labute approximate surface area is 110 Å². The van der Waals surface area contributed by atoms with E-state index in [0.717, 1.165) is 12.1 Å². The lowest BCUT2D eigenvalue weighted by atomic mass is 10.2. The molecule has 1 amide bonds. The van der Waals surface area contributed by atoms with Gasteiger partial charge in [-0.15, -0.1) is 0 Å². The summed E-state index contributed by atoms with van der Waals surface area (Å²) in [5.41, 5.74) is 0.168. The van der Waals surface area contributed by atoms with Gasteiger partial charge in [-0.3, -0.25) is 4.79 Å². The third kappa shape index (κ3) is 2.43. The summed E-state index contributed by atoms with van der Waals surface area (Å²) in [5, 5.41) is 2.28. The van der Waals surface area contributed by atoms with Crippen LogP contribution in [-0.2, 0) is 0 Å². The van der Waals surface area contributed by atoms with Crippen LogP contribution in [0.5, 0.6) is 0 Å². The number of benzene rings is 1. The summed E-state index contributed by atoms with van der Waals surface area (Å²) in [6.45, 7) is 1.44. The number of hydrogen-bond acceptors (Lipinski definition) is 2. The fourth-order valence-corrected chi connectivity index (χ4v) is 1.81. The second kappa shape index (κ2) is 4.89. The second-order valence-corrected chi connectivity index (χ2v) is 4.36. The van der Waals surface area contributed by atoms with Crippen LogP contribution < -0.4 is 5.32 Å². The molecule has 94 valence electrons. The number of amides is 1. The molecule has 0 bridgehead atoms. The number of hydrogen-bond donors (Lipinski definition) is 1. The molecule has 2 aromatic rings. The molecule has 1 N–H and O–H groups in total. The molecule has 1 heterocycles. The van der Waals surface area contributed by atoms with E-state index in [-0.39, 0.29) is 21.5 Å². The molecule has 2 rings (SSSR count). The number of carbonyl (C=O) groups is 1. The van der Waals surface area contributed by atoms with Crippen LogP contribution in [0.1, 0.15) is 15.9 Å². The predicted octanol–water partition coefficient (Wildman–Crippen LogP) is 3.88. The molecule has 3 nitrogen and oxygen atoms in total. The Morgan fingerprint density at radius 1 is 1.33 bits per heavy atom. The van der Waals surface area contributed by atoms with Gasteiger partial charge >= 0.3 is 0 Å². The minimum absolute atomic E-state index is 0.176. The van der Waals surface area contributed by atoms with Gasteiger partial charge in [0.1, 0.15) is 11.6 Å². The number of rotatable bonds is 2. The standard InChI is InChI=1S/C12H8BrF2NO2/c1-6-4-9(15)10(5-8(6)14)16-12(17)7-2-3-18-11(7)13/h2-5H,1H3,(H,16,17). The summed E-state index contributed by atoms with van der Waals surface area (Å²) in [6, 6.07) is 3.38. The first-order valence-corrected chi connectivity index (χ1v) is 5.78. The molecule has 0 aliphatic rings. The van der Waals surface area contributed by atoms with E-state index < -0.39 is 17.5 Å². The fraction of sp³-hybridized carbons (Fsp3) is 0.0833. The van der Waals surface area contributed by atoms with Gasteiger partial charge in [0.2, 0.25) is 0 Å².